The summed E-state index contributed by atoms with van der Waals surface area (Å²) in [6.45, 7) is 0.256. The molecule has 1 aromatic carbocycles. The third-order valence-electron chi connectivity index (χ3n) is 4.40. The van der Waals surface area contributed by atoms with Gasteiger partial charge in [-0.1, -0.05) is 23.7 Å². The van der Waals surface area contributed by atoms with Crippen LogP contribution in [0, 0.1) is 5.92 Å². The van der Waals surface area contributed by atoms with Crippen molar-refractivity contribution in [3.63, 3.8) is 0 Å². The molecule has 0 heterocycles. The van der Waals surface area contributed by atoms with Crippen LogP contribution in [0.1, 0.15) is 37.3 Å². The molecule has 2 N–H and O–H groups in total. The Hall–Kier alpha value is -1.10. The number of halogens is 1. The molecule has 1 amide bonds. The summed E-state index contributed by atoms with van der Waals surface area (Å²) < 4.78 is 0. The molecule has 22 heavy (non-hydrogen) atoms. The predicted octanol–water partition coefficient (Wildman–Crippen LogP) is 2.61. The number of benzene rings is 1. The van der Waals surface area contributed by atoms with Gasteiger partial charge in [0, 0.05) is 17.7 Å². The van der Waals surface area contributed by atoms with Gasteiger partial charge in [-0.2, -0.15) is 0 Å². The van der Waals surface area contributed by atoms with Gasteiger partial charge in [0.25, 0.3) is 0 Å². The molecule has 1 atom stereocenters. The fourth-order valence-corrected chi connectivity index (χ4v) is 3.22. The number of hydrogen-bond acceptors (Lipinski definition) is 3. The molecule has 0 radical (unpaired) electrons. The van der Waals surface area contributed by atoms with Crippen molar-refractivity contribution in [3.8, 4) is 0 Å². The van der Waals surface area contributed by atoms with Crippen molar-refractivity contribution < 1.29 is 9.90 Å². The number of carbonyl (C=O) groups excluding carboxylic acids is 1. The topological polar surface area (TPSA) is 52.6 Å². The first-order valence-electron chi connectivity index (χ1n) is 7.84. The minimum atomic E-state index is -0.312. The van der Waals surface area contributed by atoms with Gasteiger partial charge < -0.3 is 10.4 Å². The van der Waals surface area contributed by atoms with E-state index in [0.717, 1.165) is 31.2 Å². The van der Waals surface area contributed by atoms with Gasteiger partial charge in [-0.15, -0.1) is 0 Å². The van der Waals surface area contributed by atoms with Gasteiger partial charge in [0.05, 0.1) is 0 Å². The van der Waals surface area contributed by atoms with E-state index in [0.29, 0.717) is 10.9 Å². The predicted molar refractivity (Wildman–Crippen MR) is 88.9 cm³/mol. The Bertz CT molecular complexity index is 482. The quantitative estimate of drug-likeness (QED) is 0.875. The van der Waals surface area contributed by atoms with Crippen molar-refractivity contribution in [1.29, 1.82) is 0 Å². The SMILES string of the molecule is CN(C)C(C(=O)NC1CCC(CO)CC1)c1ccc(Cl)cc1. The van der Waals surface area contributed by atoms with Gasteiger partial charge in [-0.05, 0) is 63.4 Å². The van der Waals surface area contributed by atoms with Crippen LogP contribution >= 0.6 is 11.6 Å². The van der Waals surface area contributed by atoms with Gasteiger partial charge >= 0.3 is 0 Å². The number of amides is 1. The van der Waals surface area contributed by atoms with Gasteiger partial charge in [0.15, 0.2) is 0 Å². The molecule has 0 bridgehead atoms. The molecule has 1 unspecified atom stereocenters. The minimum Gasteiger partial charge on any atom is -0.396 e. The molecule has 1 aromatic rings. The molecular weight excluding hydrogens is 300 g/mol. The highest BCUT2D eigenvalue weighted by Gasteiger charge is 2.27. The molecule has 0 aromatic heterocycles. The number of nitrogens with zero attached hydrogens (tertiary/aromatic N) is 1. The number of rotatable bonds is 5. The Morgan fingerprint density at radius 2 is 1.86 bits per heavy atom. The molecule has 4 nitrogen and oxygen atoms in total. The van der Waals surface area contributed by atoms with E-state index in [4.69, 9.17) is 11.6 Å². The lowest BCUT2D eigenvalue weighted by Gasteiger charge is -2.31. The summed E-state index contributed by atoms with van der Waals surface area (Å²) in [5.41, 5.74) is 0.941. The van der Waals surface area contributed by atoms with Crippen molar-refractivity contribution in [1.82, 2.24) is 10.2 Å². The molecule has 5 heteroatoms. The van der Waals surface area contributed by atoms with Crippen molar-refractivity contribution >= 4 is 17.5 Å². The van der Waals surface area contributed by atoms with Crippen LogP contribution in [-0.2, 0) is 4.79 Å². The summed E-state index contributed by atoms with van der Waals surface area (Å²) in [6.07, 6.45) is 3.85. The Labute approximate surface area is 137 Å². The van der Waals surface area contributed by atoms with Gasteiger partial charge in [-0.3, -0.25) is 9.69 Å². The molecule has 0 aliphatic heterocycles. The highest BCUT2D eigenvalue weighted by Crippen LogP contribution is 2.25. The first-order valence-corrected chi connectivity index (χ1v) is 8.22. The van der Waals surface area contributed by atoms with E-state index in [2.05, 4.69) is 5.32 Å². The van der Waals surface area contributed by atoms with E-state index in [1.54, 1.807) is 0 Å². The molecule has 1 aliphatic carbocycles. The number of nitrogens with one attached hydrogen (secondary N) is 1. The normalized spacial score (nSPS) is 23.3. The maximum atomic E-state index is 12.7. The summed E-state index contributed by atoms with van der Waals surface area (Å²) in [7, 11) is 3.81. The highest BCUT2D eigenvalue weighted by atomic mass is 35.5. The molecule has 1 fully saturated rings. The molecule has 1 saturated carbocycles. The highest BCUT2D eigenvalue weighted by molar-refractivity contribution is 6.30. The Morgan fingerprint density at radius 1 is 1.27 bits per heavy atom. The lowest BCUT2D eigenvalue weighted by Crippen LogP contribution is -2.44. The van der Waals surface area contributed by atoms with Crippen LogP contribution in [0.2, 0.25) is 5.02 Å². The summed E-state index contributed by atoms with van der Waals surface area (Å²) >= 11 is 5.92. The van der Waals surface area contributed by atoms with Crippen LogP contribution < -0.4 is 5.32 Å². The Balaban J connectivity index is 2.00. The fourth-order valence-electron chi connectivity index (χ4n) is 3.10. The molecular formula is C17H25ClN2O2. The summed E-state index contributed by atoms with van der Waals surface area (Å²) in [5.74, 6) is 0.425. The fraction of sp³-hybridized carbons (Fsp3) is 0.588. The van der Waals surface area contributed by atoms with E-state index < -0.39 is 0 Å². The second-order valence-corrected chi connectivity index (χ2v) is 6.76. The van der Waals surface area contributed by atoms with E-state index in [-0.39, 0.29) is 24.6 Å². The summed E-state index contributed by atoms with van der Waals surface area (Å²) in [5, 5.41) is 13.0. The smallest absolute Gasteiger partial charge is 0.242 e. The van der Waals surface area contributed by atoms with Crippen LogP contribution in [0.15, 0.2) is 24.3 Å². The van der Waals surface area contributed by atoms with Crippen LogP contribution in [0.25, 0.3) is 0 Å². The van der Waals surface area contributed by atoms with Crippen molar-refractivity contribution in [2.75, 3.05) is 20.7 Å². The monoisotopic (exact) mass is 324 g/mol. The van der Waals surface area contributed by atoms with Crippen LogP contribution in [0.5, 0.6) is 0 Å². The van der Waals surface area contributed by atoms with Gasteiger partial charge in [0.1, 0.15) is 6.04 Å². The van der Waals surface area contributed by atoms with Crippen LogP contribution in [-0.4, -0.2) is 42.7 Å². The van der Waals surface area contributed by atoms with Crippen LogP contribution in [0.3, 0.4) is 0 Å². The summed E-state index contributed by atoms with van der Waals surface area (Å²) in [4.78, 5) is 14.6. The maximum absolute atomic E-state index is 12.7. The van der Waals surface area contributed by atoms with Gasteiger partial charge in [-0.25, -0.2) is 0 Å². The maximum Gasteiger partial charge on any atom is 0.242 e. The molecule has 2 rings (SSSR count). The van der Waals surface area contributed by atoms with E-state index in [9.17, 15) is 9.90 Å². The van der Waals surface area contributed by atoms with Crippen molar-refractivity contribution in [3.05, 3.63) is 34.9 Å². The average molecular weight is 325 g/mol. The number of likely N-dealkylation sites (N-methyl/N-ethyl adjacent to an activating group) is 1. The van der Waals surface area contributed by atoms with E-state index in [1.807, 2.05) is 43.3 Å². The van der Waals surface area contributed by atoms with E-state index in [1.165, 1.54) is 0 Å². The zero-order valence-corrected chi connectivity index (χ0v) is 14.0. The van der Waals surface area contributed by atoms with Gasteiger partial charge in [0.2, 0.25) is 5.91 Å². The van der Waals surface area contributed by atoms with Crippen molar-refractivity contribution in [2.45, 2.75) is 37.8 Å². The number of carbonyl (C=O) groups is 1. The lowest BCUT2D eigenvalue weighted by molar-refractivity contribution is -0.126. The molecule has 0 saturated heterocycles. The van der Waals surface area contributed by atoms with Crippen LogP contribution in [0.4, 0.5) is 0 Å². The zero-order chi connectivity index (χ0) is 16.1. The first-order chi connectivity index (χ1) is 10.5. The lowest BCUT2D eigenvalue weighted by atomic mass is 9.86. The molecule has 122 valence electrons. The Kier molecular flexibility index (Phi) is 6.24. The Morgan fingerprint density at radius 3 is 2.36 bits per heavy atom. The number of aliphatic hydroxyl groups excluding tert-OH is 1. The van der Waals surface area contributed by atoms with Crippen molar-refractivity contribution in [2.24, 2.45) is 5.92 Å². The molecule has 0 spiro atoms. The third-order valence-corrected chi connectivity index (χ3v) is 4.65. The third kappa shape index (κ3) is 4.45. The number of aliphatic hydroxyl groups is 1. The molecule has 1 aliphatic rings. The first kappa shape index (κ1) is 17.3. The second-order valence-electron chi connectivity index (χ2n) is 6.33. The standard InChI is InChI=1S/C17H25ClN2O2/c1-20(2)16(13-5-7-14(18)8-6-13)17(22)19-15-9-3-12(11-21)4-10-15/h5-8,12,15-16,21H,3-4,9-11H2,1-2H3,(H,19,22). The zero-order valence-electron chi connectivity index (χ0n) is 13.3. The number of hydrogen-bond donors (Lipinski definition) is 2. The average Bonchev–Trinajstić information content (AvgIpc) is 2.50. The minimum absolute atomic E-state index is 0.0276. The summed E-state index contributed by atoms with van der Waals surface area (Å²) in [6, 6.07) is 7.32. The largest absolute Gasteiger partial charge is 0.396 e. The van der Waals surface area contributed by atoms with E-state index >= 15 is 0 Å². The second kappa shape index (κ2) is 7.95.